The standard InChI is InChI=1S/C16H21N3O3S/c1-12-4-6-15(7-5-12)23(21,22)11-13(2)18-16(20)8-14-9-17-19(3)10-14/h4-7,9-10,13H,8,11H2,1-3H3,(H,18,20)/t13-/m0/s1. The van der Waals surface area contributed by atoms with Gasteiger partial charge in [-0.1, -0.05) is 17.7 Å². The molecule has 23 heavy (non-hydrogen) atoms. The van der Waals surface area contributed by atoms with Gasteiger partial charge in [0.25, 0.3) is 0 Å². The van der Waals surface area contributed by atoms with Crippen LogP contribution in [0.15, 0.2) is 41.6 Å². The lowest BCUT2D eigenvalue weighted by atomic mass is 10.2. The van der Waals surface area contributed by atoms with Gasteiger partial charge in [0.15, 0.2) is 9.84 Å². The summed E-state index contributed by atoms with van der Waals surface area (Å²) in [5, 5.41) is 6.72. The van der Waals surface area contributed by atoms with Crippen molar-refractivity contribution in [2.24, 2.45) is 7.05 Å². The Morgan fingerprint density at radius 1 is 1.30 bits per heavy atom. The van der Waals surface area contributed by atoms with Crippen LogP contribution < -0.4 is 5.32 Å². The monoisotopic (exact) mass is 335 g/mol. The van der Waals surface area contributed by atoms with Crippen molar-refractivity contribution in [3.63, 3.8) is 0 Å². The highest BCUT2D eigenvalue weighted by atomic mass is 32.2. The van der Waals surface area contributed by atoms with Crippen molar-refractivity contribution in [1.82, 2.24) is 15.1 Å². The molecule has 0 aliphatic rings. The summed E-state index contributed by atoms with van der Waals surface area (Å²) in [7, 11) is -1.65. The van der Waals surface area contributed by atoms with Crippen LogP contribution in [0.3, 0.4) is 0 Å². The summed E-state index contributed by atoms with van der Waals surface area (Å²) in [6.07, 6.45) is 3.56. The van der Waals surface area contributed by atoms with E-state index in [1.807, 2.05) is 6.92 Å². The van der Waals surface area contributed by atoms with E-state index in [0.29, 0.717) is 0 Å². The summed E-state index contributed by atoms with van der Waals surface area (Å²) >= 11 is 0. The normalized spacial score (nSPS) is 12.8. The molecule has 0 fully saturated rings. The lowest BCUT2D eigenvalue weighted by molar-refractivity contribution is -0.120. The van der Waals surface area contributed by atoms with Gasteiger partial charge >= 0.3 is 0 Å². The maximum absolute atomic E-state index is 12.3. The van der Waals surface area contributed by atoms with Crippen molar-refractivity contribution in [1.29, 1.82) is 0 Å². The van der Waals surface area contributed by atoms with Gasteiger partial charge in [0.2, 0.25) is 5.91 Å². The fourth-order valence-corrected chi connectivity index (χ4v) is 3.77. The molecule has 0 saturated heterocycles. The molecule has 1 aromatic heterocycles. The average molecular weight is 335 g/mol. The largest absolute Gasteiger partial charge is 0.352 e. The summed E-state index contributed by atoms with van der Waals surface area (Å²) in [6.45, 7) is 3.59. The third kappa shape index (κ3) is 4.92. The number of carbonyl (C=O) groups excluding carboxylic acids is 1. The third-order valence-corrected chi connectivity index (χ3v) is 5.31. The Balaban J connectivity index is 1.94. The van der Waals surface area contributed by atoms with Crippen LogP contribution in [0.25, 0.3) is 0 Å². The van der Waals surface area contributed by atoms with Crippen LogP contribution in [0.4, 0.5) is 0 Å². The highest BCUT2D eigenvalue weighted by Gasteiger charge is 2.19. The number of nitrogens with zero attached hydrogens (tertiary/aromatic N) is 2. The fourth-order valence-electron chi connectivity index (χ4n) is 2.29. The van der Waals surface area contributed by atoms with E-state index in [-0.39, 0.29) is 23.0 Å². The highest BCUT2D eigenvalue weighted by Crippen LogP contribution is 2.13. The number of rotatable bonds is 6. The molecular weight excluding hydrogens is 314 g/mol. The van der Waals surface area contributed by atoms with Crippen molar-refractivity contribution in [3.05, 3.63) is 47.8 Å². The first-order valence-corrected chi connectivity index (χ1v) is 8.98. The van der Waals surface area contributed by atoms with E-state index in [2.05, 4.69) is 10.4 Å². The van der Waals surface area contributed by atoms with Crippen LogP contribution in [-0.2, 0) is 28.1 Å². The molecule has 0 spiro atoms. The topological polar surface area (TPSA) is 81.1 Å². The molecule has 6 nitrogen and oxygen atoms in total. The number of benzene rings is 1. The molecule has 7 heteroatoms. The van der Waals surface area contributed by atoms with Crippen molar-refractivity contribution in [2.75, 3.05) is 5.75 Å². The molecule has 0 bridgehead atoms. The van der Waals surface area contributed by atoms with Gasteiger partial charge in [-0.25, -0.2) is 8.42 Å². The van der Waals surface area contributed by atoms with Gasteiger partial charge < -0.3 is 5.32 Å². The molecule has 1 atom stereocenters. The Morgan fingerprint density at radius 2 is 1.96 bits per heavy atom. The summed E-state index contributed by atoms with van der Waals surface area (Å²) in [4.78, 5) is 12.2. The van der Waals surface area contributed by atoms with Crippen LogP contribution in [0.5, 0.6) is 0 Å². The van der Waals surface area contributed by atoms with Gasteiger partial charge in [-0.3, -0.25) is 9.48 Å². The van der Waals surface area contributed by atoms with E-state index in [9.17, 15) is 13.2 Å². The molecule has 124 valence electrons. The molecule has 1 aromatic carbocycles. The van der Waals surface area contributed by atoms with Gasteiger partial charge in [-0.05, 0) is 31.5 Å². The molecule has 1 N–H and O–H groups in total. The number of sulfone groups is 1. The zero-order valence-electron chi connectivity index (χ0n) is 13.5. The van der Waals surface area contributed by atoms with Crippen LogP contribution in [-0.4, -0.2) is 35.9 Å². The number of hydrogen-bond donors (Lipinski definition) is 1. The van der Waals surface area contributed by atoms with Crippen LogP contribution in [0.1, 0.15) is 18.1 Å². The van der Waals surface area contributed by atoms with Crippen LogP contribution >= 0.6 is 0 Å². The highest BCUT2D eigenvalue weighted by molar-refractivity contribution is 7.91. The minimum absolute atomic E-state index is 0.130. The number of amides is 1. The van der Waals surface area contributed by atoms with E-state index in [4.69, 9.17) is 0 Å². The third-order valence-electron chi connectivity index (χ3n) is 3.38. The van der Waals surface area contributed by atoms with E-state index < -0.39 is 15.9 Å². The lowest BCUT2D eigenvalue weighted by Crippen LogP contribution is -2.38. The zero-order chi connectivity index (χ0) is 17.0. The maximum Gasteiger partial charge on any atom is 0.224 e. The summed E-state index contributed by atoms with van der Waals surface area (Å²) < 4.78 is 26.3. The van der Waals surface area contributed by atoms with E-state index >= 15 is 0 Å². The van der Waals surface area contributed by atoms with Gasteiger partial charge in [0, 0.05) is 19.3 Å². The fraction of sp³-hybridized carbons (Fsp3) is 0.375. The van der Waals surface area contributed by atoms with E-state index in [0.717, 1.165) is 11.1 Å². The van der Waals surface area contributed by atoms with Crippen molar-refractivity contribution >= 4 is 15.7 Å². The number of nitrogens with one attached hydrogen (secondary N) is 1. The first-order chi connectivity index (χ1) is 10.8. The Bertz CT molecular complexity index is 779. The molecular formula is C16H21N3O3S. The summed E-state index contributed by atoms with van der Waals surface area (Å²) in [5.74, 6) is -0.348. The molecule has 0 radical (unpaired) electrons. The van der Waals surface area contributed by atoms with Crippen molar-refractivity contribution in [2.45, 2.75) is 31.2 Å². The van der Waals surface area contributed by atoms with E-state index in [1.54, 1.807) is 55.3 Å². The second kappa shape index (κ2) is 6.95. The van der Waals surface area contributed by atoms with Crippen molar-refractivity contribution in [3.8, 4) is 0 Å². The average Bonchev–Trinajstić information content (AvgIpc) is 2.83. The first kappa shape index (κ1) is 17.2. The first-order valence-electron chi connectivity index (χ1n) is 7.32. The molecule has 0 unspecified atom stereocenters. The Morgan fingerprint density at radius 3 is 2.52 bits per heavy atom. The molecule has 0 saturated carbocycles. The number of carbonyl (C=O) groups is 1. The lowest BCUT2D eigenvalue weighted by Gasteiger charge is -2.14. The molecule has 1 amide bonds. The van der Waals surface area contributed by atoms with E-state index in [1.165, 1.54) is 0 Å². The molecule has 1 heterocycles. The Hall–Kier alpha value is -2.15. The van der Waals surface area contributed by atoms with Gasteiger partial charge in [0.05, 0.1) is 23.3 Å². The Kier molecular flexibility index (Phi) is 5.20. The maximum atomic E-state index is 12.3. The molecule has 0 aliphatic heterocycles. The zero-order valence-corrected chi connectivity index (χ0v) is 14.3. The second-order valence-electron chi connectivity index (χ2n) is 5.76. The SMILES string of the molecule is Cc1ccc(S(=O)(=O)C[C@H](C)NC(=O)Cc2cnn(C)c2)cc1. The summed E-state index contributed by atoms with van der Waals surface area (Å²) in [5.41, 5.74) is 1.79. The minimum atomic E-state index is -3.42. The van der Waals surface area contributed by atoms with Gasteiger partial charge in [-0.2, -0.15) is 5.10 Å². The number of hydrogen-bond acceptors (Lipinski definition) is 4. The van der Waals surface area contributed by atoms with Gasteiger partial charge in [0.1, 0.15) is 0 Å². The quantitative estimate of drug-likeness (QED) is 0.861. The van der Waals surface area contributed by atoms with Crippen LogP contribution in [0.2, 0.25) is 0 Å². The number of aryl methyl sites for hydroxylation is 2. The molecule has 2 rings (SSSR count). The smallest absolute Gasteiger partial charge is 0.224 e. The second-order valence-corrected chi connectivity index (χ2v) is 7.80. The summed E-state index contributed by atoms with van der Waals surface area (Å²) in [6, 6.07) is 6.24. The minimum Gasteiger partial charge on any atom is -0.352 e. The Labute approximate surface area is 136 Å². The number of aromatic nitrogens is 2. The van der Waals surface area contributed by atoms with Crippen LogP contribution in [0, 0.1) is 6.92 Å². The van der Waals surface area contributed by atoms with Gasteiger partial charge in [-0.15, -0.1) is 0 Å². The predicted molar refractivity (Wildman–Crippen MR) is 87.7 cm³/mol. The molecule has 2 aromatic rings. The molecule has 0 aliphatic carbocycles. The van der Waals surface area contributed by atoms with Crippen molar-refractivity contribution < 1.29 is 13.2 Å². The predicted octanol–water partition coefficient (Wildman–Crippen LogP) is 1.25.